The average Bonchev–Trinajstić information content (AvgIpc) is 3.33. The van der Waals surface area contributed by atoms with Crippen molar-refractivity contribution < 1.29 is 17.6 Å². The monoisotopic (exact) mass is 461 g/mol. The van der Waals surface area contributed by atoms with Gasteiger partial charge in [0.05, 0.1) is 12.2 Å². The zero-order valence-corrected chi connectivity index (χ0v) is 18.0. The second kappa shape index (κ2) is 8.27. The molecule has 0 spiro atoms. The van der Waals surface area contributed by atoms with E-state index in [1.54, 1.807) is 31.5 Å². The number of nitrogens with zero attached hydrogens (tertiary/aromatic N) is 5. The van der Waals surface area contributed by atoms with Gasteiger partial charge in [-0.05, 0) is 37.8 Å². The van der Waals surface area contributed by atoms with Crippen LogP contribution in [-0.2, 0) is 6.54 Å². The van der Waals surface area contributed by atoms with E-state index in [-0.39, 0.29) is 18.8 Å². The molecule has 0 amide bonds. The molecule has 4 aromatic heterocycles. The van der Waals surface area contributed by atoms with Gasteiger partial charge in [0.15, 0.2) is 5.65 Å². The maximum absolute atomic E-state index is 13.3. The van der Waals surface area contributed by atoms with E-state index in [1.165, 1.54) is 4.57 Å². The fourth-order valence-corrected chi connectivity index (χ4v) is 4.37. The lowest BCUT2D eigenvalue weighted by molar-refractivity contribution is -0.0443. The quantitative estimate of drug-likeness (QED) is 0.387. The molecule has 7 nitrogen and oxygen atoms in total. The normalized spacial score (nSPS) is 16.8. The molecule has 4 aromatic rings. The summed E-state index contributed by atoms with van der Waals surface area (Å²) in [6.45, 7) is 1.75. The molecule has 2 N–H and O–H groups in total. The number of hydrogen-bond donors (Lipinski definition) is 2. The van der Waals surface area contributed by atoms with Gasteiger partial charge in [0.25, 0.3) is 6.43 Å². The molecule has 4 heterocycles. The maximum atomic E-state index is 13.3. The number of fused-ring (bicyclic) bond motifs is 2. The zero-order chi connectivity index (χ0) is 23.2. The molecular weight excluding hydrogens is 438 g/mol. The van der Waals surface area contributed by atoms with Crippen LogP contribution in [0.3, 0.4) is 0 Å². The van der Waals surface area contributed by atoms with E-state index in [0.717, 1.165) is 10.9 Å². The largest absolute Gasteiger partial charge is 0.354 e. The number of hydrogen-bond acceptors (Lipinski definition) is 5. The van der Waals surface area contributed by atoms with Crippen LogP contribution in [0, 0.1) is 12.8 Å². The molecule has 174 valence electrons. The van der Waals surface area contributed by atoms with Crippen molar-refractivity contribution in [3.05, 3.63) is 30.4 Å². The Kier molecular flexibility index (Phi) is 5.41. The number of alkyl halides is 4. The van der Waals surface area contributed by atoms with Crippen molar-refractivity contribution in [1.82, 2.24) is 29.5 Å². The molecule has 0 unspecified atom stereocenters. The Hall–Kier alpha value is -3.24. The lowest BCUT2D eigenvalue weighted by Gasteiger charge is -2.28. The smallest absolute Gasteiger partial charge is 0.256 e. The van der Waals surface area contributed by atoms with Crippen LogP contribution in [-0.4, -0.2) is 48.4 Å². The summed E-state index contributed by atoms with van der Waals surface area (Å²) >= 11 is 0. The fourth-order valence-electron chi connectivity index (χ4n) is 4.37. The molecule has 0 saturated heterocycles. The highest BCUT2D eigenvalue weighted by Gasteiger charge is 2.34. The van der Waals surface area contributed by atoms with Crippen molar-refractivity contribution in [2.75, 3.05) is 11.9 Å². The van der Waals surface area contributed by atoms with E-state index in [1.807, 2.05) is 0 Å². The molecule has 0 bridgehead atoms. The predicted octanol–water partition coefficient (Wildman–Crippen LogP) is 5.18. The first kappa shape index (κ1) is 21.6. The topological polar surface area (TPSA) is 84.3 Å². The van der Waals surface area contributed by atoms with E-state index in [0.29, 0.717) is 53.7 Å². The first-order valence-corrected chi connectivity index (χ1v) is 10.9. The summed E-state index contributed by atoms with van der Waals surface area (Å²) in [7, 11) is 0. The van der Waals surface area contributed by atoms with Crippen molar-refractivity contribution in [2.24, 2.45) is 5.92 Å². The van der Waals surface area contributed by atoms with E-state index >= 15 is 0 Å². The number of H-pyrrole nitrogens is 1. The van der Waals surface area contributed by atoms with E-state index in [9.17, 15) is 17.6 Å². The third-order valence-electron chi connectivity index (χ3n) is 6.20. The van der Waals surface area contributed by atoms with Crippen molar-refractivity contribution in [3.8, 4) is 11.3 Å². The van der Waals surface area contributed by atoms with Gasteiger partial charge in [-0.15, -0.1) is 0 Å². The third-order valence-corrected chi connectivity index (χ3v) is 6.20. The first-order valence-electron chi connectivity index (χ1n) is 10.9. The number of aromatic nitrogens is 6. The van der Waals surface area contributed by atoms with E-state index in [2.05, 4.69) is 30.2 Å². The van der Waals surface area contributed by atoms with Crippen LogP contribution in [0.5, 0.6) is 0 Å². The number of halogens is 4. The third kappa shape index (κ3) is 4.36. The number of nitrogens with one attached hydrogen (secondary N) is 2. The van der Waals surface area contributed by atoms with Crippen LogP contribution in [0.25, 0.3) is 33.5 Å². The van der Waals surface area contributed by atoms with Crippen LogP contribution < -0.4 is 5.32 Å². The highest BCUT2D eigenvalue weighted by Crippen LogP contribution is 2.36. The molecule has 33 heavy (non-hydrogen) atoms. The van der Waals surface area contributed by atoms with Gasteiger partial charge in [-0.25, -0.2) is 32.5 Å². The van der Waals surface area contributed by atoms with Crippen LogP contribution in [0.1, 0.15) is 31.5 Å². The highest BCUT2D eigenvalue weighted by atomic mass is 19.3. The van der Waals surface area contributed by atoms with Gasteiger partial charge in [-0.3, -0.25) is 0 Å². The van der Waals surface area contributed by atoms with Gasteiger partial charge < -0.3 is 14.9 Å². The van der Waals surface area contributed by atoms with Gasteiger partial charge in [0, 0.05) is 42.7 Å². The number of rotatable bonds is 6. The number of aromatic amines is 1. The molecule has 0 radical (unpaired) electrons. The Morgan fingerprint density at radius 1 is 1.18 bits per heavy atom. The average molecular weight is 461 g/mol. The molecule has 0 aliphatic heterocycles. The fraction of sp³-hybridized carbons (Fsp3) is 0.455. The lowest BCUT2D eigenvalue weighted by Crippen LogP contribution is -2.28. The second-order valence-electron chi connectivity index (χ2n) is 8.54. The first-order chi connectivity index (χ1) is 15.8. The molecule has 1 aliphatic carbocycles. The van der Waals surface area contributed by atoms with E-state index in [4.69, 9.17) is 0 Å². The van der Waals surface area contributed by atoms with Crippen molar-refractivity contribution >= 4 is 28.1 Å². The van der Waals surface area contributed by atoms with Gasteiger partial charge in [-0.2, -0.15) is 4.98 Å². The summed E-state index contributed by atoms with van der Waals surface area (Å²) in [5, 5.41) is 3.89. The zero-order valence-electron chi connectivity index (χ0n) is 18.0. The molecule has 1 saturated carbocycles. The van der Waals surface area contributed by atoms with Crippen LogP contribution in [0.4, 0.5) is 23.5 Å². The molecule has 0 aromatic carbocycles. The van der Waals surface area contributed by atoms with E-state index < -0.39 is 18.9 Å². The van der Waals surface area contributed by atoms with Crippen molar-refractivity contribution in [2.45, 2.75) is 51.5 Å². The Labute approximate surface area is 186 Å². The molecule has 11 heteroatoms. The van der Waals surface area contributed by atoms with Crippen LogP contribution in [0.2, 0.25) is 0 Å². The minimum Gasteiger partial charge on any atom is -0.354 e. The minimum absolute atomic E-state index is 0.0771. The predicted molar refractivity (Wildman–Crippen MR) is 117 cm³/mol. The van der Waals surface area contributed by atoms with Crippen LogP contribution in [0.15, 0.2) is 24.5 Å². The summed E-state index contributed by atoms with van der Waals surface area (Å²) in [5.74, 6) is -1.48. The molecular formula is C22H23F4N7. The van der Waals surface area contributed by atoms with Gasteiger partial charge in [0.1, 0.15) is 17.0 Å². The van der Waals surface area contributed by atoms with Crippen molar-refractivity contribution in [1.29, 1.82) is 0 Å². The number of pyridine rings is 1. The minimum atomic E-state index is -2.54. The summed E-state index contributed by atoms with van der Waals surface area (Å²) in [6, 6.07) is 3.55. The van der Waals surface area contributed by atoms with Crippen LogP contribution >= 0.6 is 0 Å². The number of anilines is 1. The highest BCUT2D eigenvalue weighted by molar-refractivity contribution is 5.93. The number of aryl methyl sites for hydroxylation is 1. The summed E-state index contributed by atoms with van der Waals surface area (Å²) in [5.41, 5.74) is 2.89. The summed E-state index contributed by atoms with van der Waals surface area (Å²) in [4.78, 5) is 20.9. The van der Waals surface area contributed by atoms with Gasteiger partial charge >= 0.3 is 0 Å². The SMILES string of the molecule is Cc1nc2ccc(-c3c[nH]c4nc(NCC5CCC(F)(F)CC5)ncc34)nc2n1CC(F)F. The van der Waals surface area contributed by atoms with Gasteiger partial charge in [-0.1, -0.05) is 0 Å². The Morgan fingerprint density at radius 3 is 2.73 bits per heavy atom. The Morgan fingerprint density at radius 2 is 1.97 bits per heavy atom. The molecule has 1 fully saturated rings. The number of imidazole rings is 1. The molecule has 5 rings (SSSR count). The lowest BCUT2D eigenvalue weighted by atomic mass is 9.87. The second-order valence-corrected chi connectivity index (χ2v) is 8.54. The Balaban J connectivity index is 1.37. The molecule has 0 atom stereocenters. The van der Waals surface area contributed by atoms with Crippen molar-refractivity contribution in [3.63, 3.8) is 0 Å². The summed E-state index contributed by atoms with van der Waals surface area (Å²) < 4.78 is 54.1. The summed E-state index contributed by atoms with van der Waals surface area (Å²) in [6.07, 6.45) is 1.71. The maximum Gasteiger partial charge on any atom is 0.256 e. The standard InChI is InChI=1S/C22H23F4N7/c1-12-30-17-3-2-16(31-20(17)33(12)11-18(23)24)14-9-27-19-15(14)10-29-21(32-19)28-8-13-4-6-22(25,26)7-5-13/h2-3,9-10,13,18H,4-8,11H2,1H3,(H2,27,28,29,32). The van der Waals surface area contributed by atoms with Gasteiger partial charge in [0.2, 0.25) is 11.9 Å². The molecule has 1 aliphatic rings. The Bertz CT molecular complexity index is 1290.